The van der Waals surface area contributed by atoms with Crippen LogP contribution in [0.2, 0.25) is 0 Å². The normalized spacial score (nSPS) is 14.6. The summed E-state index contributed by atoms with van der Waals surface area (Å²) in [6.45, 7) is 2.09. The smallest absolute Gasteiger partial charge is 0.114 e. The van der Waals surface area contributed by atoms with Crippen molar-refractivity contribution in [2.24, 2.45) is 0 Å². The van der Waals surface area contributed by atoms with E-state index in [4.69, 9.17) is 0 Å². The molecule has 3 heteroatoms. The van der Waals surface area contributed by atoms with Gasteiger partial charge in [0.25, 0.3) is 0 Å². The number of hydrogen-bond donors (Lipinski definition) is 0. The van der Waals surface area contributed by atoms with Gasteiger partial charge in [0.2, 0.25) is 0 Å². The molecular formula is C11H10N2S. The lowest BCUT2D eigenvalue weighted by Crippen LogP contribution is -2.03. The van der Waals surface area contributed by atoms with Gasteiger partial charge in [-0.15, -0.1) is 11.8 Å². The number of thioether (sulfide) groups is 1. The van der Waals surface area contributed by atoms with E-state index in [1.54, 1.807) is 18.0 Å². The highest BCUT2D eigenvalue weighted by molar-refractivity contribution is 8.03. The molecule has 14 heavy (non-hydrogen) atoms. The van der Waals surface area contributed by atoms with E-state index in [9.17, 15) is 0 Å². The van der Waals surface area contributed by atoms with Crippen LogP contribution in [0.3, 0.4) is 0 Å². The Morgan fingerprint density at radius 1 is 1.50 bits per heavy atom. The van der Waals surface area contributed by atoms with Crippen LogP contribution >= 0.6 is 11.8 Å². The van der Waals surface area contributed by atoms with Crippen molar-refractivity contribution >= 4 is 11.8 Å². The number of nitrogens with zero attached hydrogens (tertiary/aromatic N) is 2. The molecular weight excluding hydrogens is 192 g/mol. The highest BCUT2D eigenvalue weighted by Crippen LogP contribution is 2.23. The molecule has 70 valence electrons. The van der Waals surface area contributed by atoms with Crippen LogP contribution < -0.4 is 0 Å². The van der Waals surface area contributed by atoms with Crippen LogP contribution in [0, 0.1) is 12.0 Å². The molecule has 1 aliphatic heterocycles. The zero-order valence-corrected chi connectivity index (χ0v) is 8.71. The third-order valence-corrected chi connectivity index (χ3v) is 2.73. The maximum atomic E-state index is 4.13. The van der Waals surface area contributed by atoms with Gasteiger partial charge in [0.15, 0.2) is 0 Å². The third-order valence-electron chi connectivity index (χ3n) is 1.76. The lowest BCUT2D eigenvalue weighted by Gasteiger charge is -2.01. The van der Waals surface area contributed by atoms with Crippen LogP contribution in [0.5, 0.6) is 0 Å². The van der Waals surface area contributed by atoms with Crippen LogP contribution in [-0.2, 0) is 0 Å². The maximum Gasteiger partial charge on any atom is 0.114 e. The Labute approximate surface area is 88.0 Å². The molecule has 0 spiro atoms. The van der Waals surface area contributed by atoms with Gasteiger partial charge in [-0.1, -0.05) is 6.07 Å². The lowest BCUT2D eigenvalue weighted by molar-refractivity contribution is 0.646. The molecule has 1 aliphatic rings. The SMILES string of the molecule is CC1=CN(C#Cc2ccccn2)CS1. The van der Waals surface area contributed by atoms with E-state index in [-0.39, 0.29) is 0 Å². The molecule has 2 nitrogen and oxygen atoms in total. The van der Waals surface area contributed by atoms with E-state index in [1.165, 1.54) is 4.91 Å². The minimum atomic E-state index is 0.815. The molecule has 0 bridgehead atoms. The number of allylic oxidation sites excluding steroid dienone is 1. The molecule has 0 radical (unpaired) electrons. The Balaban J connectivity index is 2.08. The van der Waals surface area contributed by atoms with Crippen molar-refractivity contribution in [1.29, 1.82) is 0 Å². The minimum absolute atomic E-state index is 0.815. The van der Waals surface area contributed by atoms with Crippen molar-refractivity contribution in [2.45, 2.75) is 6.92 Å². The van der Waals surface area contributed by atoms with Gasteiger partial charge in [0, 0.05) is 23.3 Å². The Kier molecular flexibility index (Phi) is 2.76. The van der Waals surface area contributed by atoms with E-state index < -0.39 is 0 Å². The van der Waals surface area contributed by atoms with Crippen LogP contribution in [0.4, 0.5) is 0 Å². The Morgan fingerprint density at radius 3 is 3.07 bits per heavy atom. The standard InChI is InChI=1S/C11H10N2S/c1-10-8-13(9-14-10)7-5-11-4-2-3-6-12-11/h2-4,6,8H,9H2,1H3. The average molecular weight is 202 g/mol. The molecule has 0 N–H and O–H groups in total. The van der Waals surface area contributed by atoms with Crippen molar-refractivity contribution in [1.82, 2.24) is 9.88 Å². The molecule has 1 aromatic rings. The first-order valence-electron chi connectivity index (χ1n) is 4.35. The predicted molar refractivity (Wildman–Crippen MR) is 59.2 cm³/mol. The summed E-state index contributed by atoms with van der Waals surface area (Å²) >= 11 is 1.80. The zero-order valence-electron chi connectivity index (χ0n) is 7.90. The molecule has 0 aliphatic carbocycles. The summed E-state index contributed by atoms with van der Waals surface area (Å²) < 4.78 is 0. The van der Waals surface area contributed by atoms with E-state index in [2.05, 4.69) is 30.1 Å². The van der Waals surface area contributed by atoms with Gasteiger partial charge < -0.3 is 0 Å². The molecule has 1 aromatic heterocycles. The van der Waals surface area contributed by atoms with E-state index in [1.807, 2.05) is 23.1 Å². The van der Waals surface area contributed by atoms with Gasteiger partial charge in [0.1, 0.15) is 5.69 Å². The predicted octanol–water partition coefficient (Wildman–Crippen LogP) is 2.26. The second-order valence-corrected chi connectivity index (χ2v) is 4.13. The Hall–Kier alpha value is -1.40. The average Bonchev–Trinajstić information content (AvgIpc) is 2.63. The van der Waals surface area contributed by atoms with Gasteiger partial charge in [0.05, 0.1) is 5.88 Å². The maximum absolute atomic E-state index is 4.13. The molecule has 0 unspecified atom stereocenters. The topological polar surface area (TPSA) is 16.1 Å². The summed E-state index contributed by atoms with van der Waals surface area (Å²) in [5.41, 5.74) is 0.815. The quantitative estimate of drug-likeness (QED) is 0.600. The van der Waals surface area contributed by atoms with Gasteiger partial charge >= 0.3 is 0 Å². The van der Waals surface area contributed by atoms with E-state index >= 15 is 0 Å². The fourth-order valence-corrected chi connectivity index (χ4v) is 1.78. The highest BCUT2D eigenvalue weighted by Gasteiger charge is 2.05. The molecule has 2 heterocycles. The number of rotatable bonds is 0. The summed E-state index contributed by atoms with van der Waals surface area (Å²) in [6.07, 6.45) is 3.81. The molecule has 2 rings (SSSR count). The van der Waals surface area contributed by atoms with Crippen LogP contribution in [0.15, 0.2) is 35.5 Å². The molecule has 0 saturated heterocycles. The molecule has 0 atom stereocenters. The van der Waals surface area contributed by atoms with Crippen LogP contribution in [0.25, 0.3) is 0 Å². The van der Waals surface area contributed by atoms with Gasteiger partial charge in [-0.3, -0.25) is 4.90 Å². The number of aromatic nitrogens is 1. The molecule has 0 aromatic carbocycles. The zero-order chi connectivity index (χ0) is 9.80. The Morgan fingerprint density at radius 2 is 2.43 bits per heavy atom. The fourth-order valence-electron chi connectivity index (χ4n) is 1.10. The van der Waals surface area contributed by atoms with Crippen molar-refractivity contribution in [3.8, 4) is 12.0 Å². The monoisotopic (exact) mass is 202 g/mol. The van der Waals surface area contributed by atoms with Crippen molar-refractivity contribution < 1.29 is 0 Å². The fraction of sp³-hybridized carbons (Fsp3) is 0.182. The van der Waals surface area contributed by atoms with Crippen LogP contribution in [-0.4, -0.2) is 15.8 Å². The second kappa shape index (κ2) is 4.21. The van der Waals surface area contributed by atoms with Crippen molar-refractivity contribution in [2.75, 3.05) is 5.88 Å². The second-order valence-electron chi connectivity index (χ2n) is 2.93. The molecule has 0 saturated carbocycles. The summed E-state index contributed by atoms with van der Waals surface area (Å²) in [6, 6.07) is 8.79. The van der Waals surface area contributed by atoms with Crippen molar-refractivity contribution in [3.05, 3.63) is 41.2 Å². The summed E-state index contributed by atoms with van der Waals surface area (Å²) in [7, 11) is 0. The lowest BCUT2D eigenvalue weighted by atomic mass is 10.4. The molecule has 0 fully saturated rings. The van der Waals surface area contributed by atoms with Crippen molar-refractivity contribution in [3.63, 3.8) is 0 Å². The minimum Gasteiger partial charge on any atom is -0.297 e. The first kappa shape index (κ1) is 9.17. The number of hydrogen-bond acceptors (Lipinski definition) is 3. The summed E-state index contributed by atoms with van der Waals surface area (Å²) in [5.74, 6) is 3.94. The van der Waals surface area contributed by atoms with E-state index in [0.717, 1.165) is 11.6 Å². The van der Waals surface area contributed by atoms with Gasteiger partial charge in [-0.2, -0.15) is 0 Å². The largest absolute Gasteiger partial charge is 0.297 e. The van der Waals surface area contributed by atoms with Gasteiger partial charge in [-0.05, 0) is 25.0 Å². The summed E-state index contributed by atoms with van der Waals surface area (Å²) in [4.78, 5) is 7.42. The Bertz CT molecular complexity index is 400. The molecule has 0 amide bonds. The van der Waals surface area contributed by atoms with Crippen LogP contribution in [0.1, 0.15) is 12.6 Å². The number of pyridine rings is 1. The third kappa shape index (κ3) is 2.30. The van der Waals surface area contributed by atoms with E-state index in [0.29, 0.717) is 0 Å². The first-order valence-corrected chi connectivity index (χ1v) is 5.34. The highest BCUT2D eigenvalue weighted by atomic mass is 32.2. The van der Waals surface area contributed by atoms with Gasteiger partial charge in [-0.25, -0.2) is 4.98 Å². The summed E-state index contributed by atoms with van der Waals surface area (Å²) in [5, 5.41) is 0. The first-order chi connectivity index (χ1) is 6.84.